The highest BCUT2D eigenvalue weighted by Gasteiger charge is 2.34. The Balaban J connectivity index is 2.07. The summed E-state index contributed by atoms with van der Waals surface area (Å²) in [6.07, 6.45) is 1.02. The minimum atomic E-state index is -4.20. The van der Waals surface area contributed by atoms with Crippen LogP contribution in [0.4, 0.5) is 5.69 Å². The minimum Gasteiger partial charge on any atom is -0.494 e. The molecule has 12 heteroatoms. The van der Waals surface area contributed by atoms with Gasteiger partial charge in [-0.05, 0) is 86.0 Å². The summed E-state index contributed by atoms with van der Waals surface area (Å²) in [6.45, 7) is 5.87. The standard InChI is InChI=1S/C30H34BrCl2N3O5S/c1-4-17-34-30(38)28(5-2)35(19-21-7-10-23(32)18-27(21)33)29(37)20-36(24-11-13-25(14-12-24)41-6-3)42(39,40)26-15-8-22(31)9-16-26/h7-16,18,28H,4-6,17,19-20H2,1-3H3,(H,34,38)/t28-/m0/s1. The van der Waals surface area contributed by atoms with Gasteiger partial charge in [-0.1, -0.05) is 59.0 Å². The molecule has 0 spiro atoms. The van der Waals surface area contributed by atoms with Gasteiger partial charge < -0.3 is 15.0 Å². The van der Waals surface area contributed by atoms with Crippen LogP contribution >= 0.6 is 39.1 Å². The number of amides is 2. The second kappa shape index (κ2) is 15.6. The summed E-state index contributed by atoms with van der Waals surface area (Å²) in [5, 5.41) is 3.61. The molecule has 3 aromatic rings. The van der Waals surface area contributed by atoms with Crippen LogP contribution in [-0.2, 0) is 26.2 Å². The smallest absolute Gasteiger partial charge is 0.264 e. The third-order valence-corrected chi connectivity index (χ3v) is 9.31. The molecule has 0 aliphatic heterocycles. The van der Waals surface area contributed by atoms with Crippen LogP contribution in [0.1, 0.15) is 39.2 Å². The maximum absolute atomic E-state index is 14.1. The number of hydrogen-bond acceptors (Lipinski definition) is 5. The van der Waals surface area contributed by atoms with Crippen molar-refractivity contribution in [3.8, 4) is 5.75 Å². The van der Waals surface area contributed by atoms with Crippen molar-refractivity contribution < 1.29 is 22.7 Å². The molecule has 2 amide bonds. The highest BCUT2D eigenvalue weighted by Crippen LogP contribution is 2.28. The van der Waals surface area contributed by atoms with Gasteiger partial charge in [0.15, 0.2) is 0 Å². The SMILES string of the molecule is CCCNC(=O)[C@H](CC)N(Cc1ccc(Cl)cc1Cl)C(=O)CN(c1ccc(OCC)cc1)S(=O)(=O)c1ccc(Br)cc1. The summed E-state index contributed by atoms with van der Waals surface area (Å²) >= 11 is 15.9. The van der Waals surface area contributed by atoms with Gasteiger partial charge in [-0.15, -0.1) is 0 Å². The van der Waals surface area contributed by atoms with E-state index in [-0.39, 0.29) is 23.0 Å². The van der Waals surface area contributed by atoms with Crippen molar-refractivity contribution in [1.82, 2.24) is 10.2 Å². The molecule has 226 valence electrons. The van der Waals surface area contributed by atoms with Crippen LogP contribution in [0.5, 0.6) is 5.75 Å². The number of nitrogens with zero attached hydrogens (tertiary/aromatic N) is 2. The Morgan fingerprint density at radius 3 is 2.21 bits per heavy atom. The largest absolute Gasteiger partial charge is 0.494 e. The van der Waals surface area contributed by atoms with E-state index in [2.05, 4.69) is 21.2 Å². The van der Waals surface area contributed by atoms with Gasteiger partial charge in [0, 0.05) is 27.6 Å². The van der Waals surface area contributed by atoms with Crippen LogP contribution in [0.25, 0.3) is 0 Å². The molecule has 3 rings (SSSR count). The molecular formula is C30H34BrCl2N3O5S. The molecule has 0 aromatic heterocycles. The predicted octanol–water partition coefficient (Wildman–Crippen LogP) is 6.68. The maximum Gasteiger partial charge on any atom is 0.264 e. The summed E-state index contributed by atoms with van der Waals surface area (Å²) in [6, 6.07) is 16.6. The van der Waals surface area contributed by atoms with Gasteiger partial charge >= 0.3 is 0 Å². The lowest BCUT2D eigenvalue weighted by atomic mass is 10.1. The molecule has 0 radical (unpaired) electrons. The fourth-order valence-electron chi connectivity index (χ4n) is 4.26. The topological polar surface area (TPSA) is 96.0 Å². The van der Waals surface area contributed by atoms with Crippen LogP contribution in [0, 0.1) is 0 Å². The number of ether oxygens (including phenoxy) is 1. The van der Waals surface area contributed by atoms with Gasteiger partial charge in [-0.3, -0.25) is 13.9 Å². The Labute approximate surface area is 266 Å². The minimum absolute atomic E-state index is 0.00686. The second-order valence-corrected chi connectivity index (χ2v) is 13.0. The van der Waals surface area contributed by atoms with E-state index in [4.69, 9.17) is 27.9 Å². The molecule has 1 N–H and O–H groups in total. The number of hydrogen-bond donors (Lipinski definition) is 1. The first-order valence-corrected chi connectivity index (χ1v) is 16.5. The van der Waals surface area contributed by atoms with Gasteiger partial charge in [-0.2, -0.15) is 0 Å². The second-order valence-electron chi connectivity index (χ2n) is 9.36. The lowest BCUT2D eigenvalue weighted by molar-refractivity contribution is -0.140. The fraction of sp³-hybridized carbons (Fsp3) is 0.333. The zero-order valence-corrected chi connectivity index (χ0v) is 27.6. The number of anilines is 1. The van der Waals surface area contributed by atoms with Crippen molar-refractivity contribution in [2.75, 3.05) is 24.0 Å². The third-order valence-electron chi connectivity index (χ3n) is 6.41. The molecule has 0 fully saturated rings. The van der Waals surface area contributed by atoms with Gasteiger partial charge in [0.2, 0.25) is 11.8 Å². The van der Waals surface area contributed by atoms with E-state index in [9.17, 15) is 18.0 Å². The number of carbonyl (C=O) groups is 2. The lowest BCUT2D eigenvalue weighted by Crippen LogP contribution is -2.52. The van der Waals surface area contributed by atoms with E-state index in [1.807, 2.05) is 13.8 Å². The predicted molar refractivity (Wildman–Crippen MR) is 171 cm³/mol. The summed E-state index contributed by atoms with van der Waals surface area (Å²) < 4.78 is 35.2. The van der Waals surface area contributed by atoms with Gasteiger partial charge in [0.25, 0.3) is 10.0 Å². The molecule has 42 heavy (non-hydrogen) atoms. The Kier molecular flexibility index (Phi) is 12.5. The molecule has 0 unspecified atom stereocenters. The Bertz CT molecular complexity index is 1470. The maximum atomic E-state index is 14.1. The van der Waals surface area contributed by atoms with Crippen LogP contribution < -0.4 is 14.4 Å². The molecule has 0 aliphatic rings. The first-order valence-electron chi connectivity index (χ1n) is 13.5. The van der Waals surface area contributed by atoms with E-state index < -0.39 is 28.5 Å². The van der Waals surface area contributed by atoms with Crippen molar-refractivity contribution in [2.24, 2.45) is 0 Å². The number of halogens is 3. The molecule has 8 nitrogen and oxygen atoms in total. The summed E-state index contributed by atoms with van der Waals surface area (Å²) in [7, 11) is -4.20. The van der Waals surface area contributed by atoms with Crippen LogP contribution in [0.15, 0.2) is 76.1 Å². The number of rotatable bonds is 14. The summed E-state index contributed by atoms with van der Waals surface area (Å²) in [5.41, 5.74) is 0.835. The van der Waals surface area contributed by atoms with E-state index in [0.29, 0.717) is 45.4 Å². The van der Waals surface area contributed by atoms with E-state index in [1.54, 1.807) is 61.5 Å². The van der Waals surface area contributed by atoms with E-state index >= 15 is 0 Å². The number of sulfonamides is 1. The Morgan fingerprint density at radius 2 is 1.64 bits per heavy atom. The molecule has 0 heterocycles. The number of carbonyl (C=O) groups excluding carboxylic acids is 2. The number of nitrogens with one attached hydrogen (secondary N) is 1. The summed E-state index contributed by atoms with van der Waals surface area (Å²) in [4.78, 5) is 28.7. The number of benzene rings is 3. The van der Waals surface area contributed by atoms with Crippen molar-refractivity contribution >= 4 is 66.7 Å². The lowest BCUT2D eigenvalue weighted by Gasteiger charge is -2.33. The summed E-state index contributed by atoms with van der Waals surface area (Å²) in [5.74, 6) is -0.346. The highest BCUT2D eigenvalue weighted by molar-refractivity contribution is 9.10. The van der Waals surface area contributed by atoms with E-state index in [1.165, 1.54) is 17.0 Å². The van der Waals surface area contributed by atoms with Crippen LogP contribution in [0.2, 0.25) is 10.0 Å². The first kappa shape index (κ1) is 33.7. The first-order chi connectivity index (χ1) is 20.0. The van der Waals surface area contributed by atoms with E-state index in [0.717, 1.165) is 10.7 Å². The fourth-order valence-corrected chi connectivity index (χ4v) is 6.40. The molecule has 1 atom stereocenters. The van der Waals surface area contributed by atoms with Crippen molar-refractivity contribution in [2.45, 2.75) is 51.1 Å². The van der Waals surface area contributed by atoms with Crippen molar-refractivity contribution in [3.05, 3.63) is 86.8 Å². The van der Waals surface area contributed by atoms with Gasteiger partial charge in [0.1, 0.15) is 18.3 Å². The third kappa shape index (κ3) is 8.63. The Morgan fingerprint density at radius 1 is 0.976 bits per heavy atom. The monoisotopic (exact) mass is 697 g/mol. The molecule has 0 saturated heterocycles. The van der Waals surface area contributed by atoms with Crippen molar-refractivity contribution in [1.29, 1.82) is 0 Å². The zero-order valence-electron chi connectivity index (χ0n) is 23.6. The quantitative estimate of drug-likeness (QED) is 0.203. The average molecular weight is 699 g/mol. The molecule has 0 saturated carbocycles. The molecule has 0 aliphatic carbocycles. The average Bonchev–Trinajstić information content (AvgIpc) is 2.96. The Hall–Kier alpha value is -2.79. The van der Waals surface area contributed by atoms with Gasteiger partial charge in [0.05, 0.1) is 17.2 Å². The van der Waals surface area contributed by atoms with Gasteiger partial charge in [-0.25, -0.2) is 8.42 Å². The van der Waals surface area contributed by atoms with Crippen LogP contribution in [-0.4, -0.2) is 50.9 Å². The molecule has 3 aromatic carbocycles. The molecule has 0 bridgehead atoms. The highest BCUT2D eigenvalue weighted by atomic mass is 79.9. The van der Waals surface area contributed by atoms with Crippen LogP contribution in [0.3, 0.4) is 0 Å². The zero-order chi connectivity index (χ0) is 30.9. The normalized spacial score (nSPS) is 12.0. The molecular weight excluding hydrogens is 665 g/mol. The van der Waals surface area contributed by atoms with Crippen molar-refractivity contribution in [3.63, 3.8) is 0 Å².